The number of piperazine rings is 1. The highest BCUT2D eigenvalue weighted by molar-refractivity contribution is 6.09. The third kappa shape index (κ3) is 5.02. The number of amides is 1. The molecule has 1 saturated heterocycles. The monoisotopic (exact) mass is 550 g/mol. The summed E-state index contributed by atoms with van der Waals surface area (Å²) in [5, 5.41) is 7.10. The van der Waals surface area contributed by atoms with Crippen LogP contribution in [0.15, 0.2) is 48.7 Å². The van der Waals surface area contributed by atoms with Crippen LogP contribution in [-0.2, 0) is 0 Å². The molecule has 1 amide bonds. The van der Waals surface area contributed by atoms with E-state index >= 15 is 8.78 Å². The zero-order valence-corrected chi connectivity index (χ0v) is 23.1. The zero-order chi connectivity index (χ0) is 28.6. The maximum absolute atomic E-state index is 15.0. The Hall–Kier alpha value is -4.31. The number of carbonyl (C=O) groups excluding carboxylic acids is 1. The number of carbonyl (C=O) groups is 1. The van der Waals surface area contributed by atoms with E-state index in [2.05, 4.69) is 34.4 Å². The summed E-state index contributed by atoms with van der Waals surface area (Å²) < 4.78 is 45.8. The molecular weight excluding hydrogens is 518 g/mol. The Bertz CT molecular complexity index is 1560. The van der Waals surface area contributed by atoms with Crippen LogP contribution in [-0.4, -0.2) is 57.4 Å². The summed E-state index contributed by atoms with van der Waals surface area (Å²) in [7, 11) is 4.20. The van der Waals surface area contributed by atoms with Crippen molar-refractivity contribution in [2.45, 2.75) is 19.4 Å². The van der Waals surface area contributed by atoms with Crippen molar-refractivity contribution in [1.82, 2.24) is 10.3 Å². The molecule has 8 nitrogen and oxygen atoms in total. The van der Waals surface area contributed by atoms with Crippen molar-refractivity contribution in [1.29, 1.82) is 0 Å². The third-order valence-corrected chi connectivity index (χ3v) is 7.15. The Kier molecular flexibility index (Phi) is 7.29. The van der Waals surface area contributed by atoms with Crippen LogP contribution in [0.4, 0.5) is 20.2 Å². The van der Waals surface area contributed by atoms with E-state index in [1.165, 1.54) is 20.3 Å². The number of hydrogen-bond donors (Lipinski definition) is 3. The molecular formula is C30H32F2N4O4. The largest absolute Gasteiger partial charge is 0.495 e. The third-order valence-electron chi connectivity index (χ3n) is 7.15. The topological polar surface area (TPSA) is 87.8 Å². The van der Waals surface area contributed by atoms with Crippen molar-refractivity contribution in [2.75, 3.05) is 51.2 Å². The quantitative estimate of drug-likeness (QED) is 0.279. The standard InChI is InChI=1S/C30H32F2N4O4/c1-30(2)16-36(11-10-34-30)22-9-7-18(13-23(22)38-3)29(37)35-21-15-33-20-12-17(6-8-19(20)21)26-27(31)24(39-4)14-25(40-5)28(26)32/h6-9,12-15,33-34H,10-11,16H2,1-5H3,(H,35,37). The zero-order valence-electron chi connectivity index (χ0n) is 23.1. The minimum absolute atomic E-state index is 0.0370. The van der Waals surface area contributed by atoms with Gasteiger partial charge in [-0.15, -0.1) is 0 Å². The Morgan fingerprint density at radius 1 is 0.950 bits per heavy atom. The normalized spacial score (nSPS) is 14.7. The van der Waals surface area contributed by atoms with Crippen molar-refractivity contribution in [3.8, 4) is 28.4 Å². The molecule has 0 radical (unpaired) electrons. The fourth-order valence-corrected chi connectivity index (χ4v) is 5.15. The molecule has 0 saturated carbocycles. The average Bonchev–Trinajstić information content (AvgIpc) is 3.34. The van der Waals surface area contributed by atoms with E-state index in [0.29, 0.717) is 27.9 Å². The summed E-state index contributed by atoms with van der Waals surface area (Å²) in [4.78, 5) is 18.5. The van der Waals surface area contributed by atoms with Gasteiger partial charge >= 0.3 is 0 Å². The van der Waals surface area contributed by atoms with Crippen molar-refractivity contribution in [3.63, 3.8) is 0 Å². The average molecular weight is 551 g/mol. The predicted octanol–water partition coefficient (Wildman–Crippen LogP) is 5.58. The van der Waals surface area contributed by atoms with Crippen molar-refractivity contribution in [2.24, 2.45) is 0 Å². The van der Waals surface area contributed by atoms with Gasteiger partial charge in [-0.2, -0.15) is 0 Å². The molecule has 3 N–H and O–H groups in total. The SMILES string of the molecule is COc1cc(C(=O)Nc2c[nH]c3cc(-c4c(F)c(OC)cc(OC)c4F)ccc23)ccc1N1CCNC(C)(C)C1. The number of ether oxygens (including phenoxy) is 3. The number of fused-ring (bicyclic) bond motifs is 1. The van der Waals surface area contributed by atoms with Crippen LogP contribution in [0, 0.1) is 11.6 Å². The first-order chi connectivity index (χ1) is 19.2. The second-order valence-electron chi connectivity index (χ2n) is 10.3. The van der Waals surface area contributed by atoms with Crippen LogP contribution in [0.25, 0.3) is 22.0 Å². The molecule has 0 bridgehead atoms. The van der Waals surface area contributed by atoms with Crippen LogP contribution < -0.4 is 29.7 Å². The number of rotatable bonds is 7. The number of anilines is 2. The van der Waals surface area contributed by atoms with E-state index in [4.69, 9.17) is 14.2 Å². The van der Waals surface area contributed by atoms with Gasteiger partial charge in [0.15, 0.2) is 23.1 Å². The molecule has 0 aliphatic carbocycles. The summed E-state index contributed by atoms with van der Waals surface area (Å²) >= 11 is 0. The highest BCUT2D eigenvalue weighted by Crippen LogP contribution is 2.39. The Labute approximate surface area is 231 Å². The van der Waals surface area contributed by atoms with Crippen molar-refractivity contribution >= 4 is 28.2 Å². The van der Waals surface area contributed by atoms with Gasteiger partial charge in [-0.1, -0.05) is 12.1 Å². The molecule has 2 heterocycles. The molecule has 0 unspecified atom stereocenters. The molecule has 40 heavy (non-hydrogen) atoms. The van der Waals surface area contributed by atoms with Gasteiger partial charge in [0.1, 0.15) is 5.75 Å². The van der Waals surface area contributed by atoms with Gasteiger partial charge in [0.25, 0.3) is 5.91 Å². The number of methoxy groups -OCH3 is 3. The molecule has 1 aromatic heterocycles. The van der Waals surface area contributed by atoms with Gasteiger partial charge in [-0.05, 0) is 43.7 Å². The number of H-pyrrole nitrogens is 1. The number of aromatic amines is 1. The second-order valence-corrected chi connectivity index (χ2v) is 10.3. The van der Waals surface area contributed by atoms with Crippen molar-refractivity contribution < 1.29 is 27.8 Å². The Balaban J connectivity index is 1.41. The van der Waals surface area contributed by atoms with E-state index < -0.39 is 11.6 Å². The van der Waals surface area contributed by atoms with Gasteiger partial charge in [0, 0.05) is 53.9 Å². The molecule has 3 aromatic carbocycles. The summed E-state index contributed by atoms with van der Waals surface area (Å²) in [6.07, 6.45) is 1.64. The highest BCUT2D eigenvalue weighted by atomic mass is 19.1. The summed E-state index contributed by atoms with van der Waals surface area (Å²) in [5.41, 5.74) is 2.47. The lowest BCUT2D eigenvalue weighted by Gasteiger charge is -2.40. The Morgan fingerprint density at radius 3 is 2.30 bits per heavy atom. The van der Waals surface area contributed by atoms with Gasteiger partial charge in [0.05, 0.1) is 38.3 Å². The molecule has 1 aliphatic heterocycles. The van der Waals surface area contributed by atoms with E-state index in [0.717, 1.165) is 25.3 Å². The van der Waals surface area contributed by atoms with Gasteiger partial charge < -0.3 is 34.7 Å². The number of hydrogen-bond acceptors (Lipinski definition) is 6. The van der Waals surface area contributed by atoms with Gasteiger partial charge in [-0.25, -0.2) is 8.78 Å². The molecule has 0 atom stereocenters. The van der Waals surface area contributed by atoms with E-state index in [1.807, 2.05) is 6.07 Å². The fraction of sp³-hybridized carbons (Fsp3) is 0.300. The summed E-state index contributed by atoms with van der Waals surface area (Å²) in [5.74, 6) is -1.62. The molecule has 10 heteroatoms. The molecule has 5 rings (SSSR count). The van der Waals surface area contributed by atoms with Crippen LogP contribution in [0.2, 0.25) is 0 Å². The van der Waals surface area contributed by atoms with E-state index in [-0.39, 0.29) is 34.1 Å². The second kappa shape index (κ2) is 10.7. The van der Waals surface area contributed by atoms with Gasteiger partial charge in [0.2, 0.25) is 0 Å². The first-order valence-electron chi connectivity index (χ1n) is 12.9. The lowest BCUT2D eigenvalue weighted by atomic mass is 10.0. The number of nitrogens with one attached hydrogen (secondary N) is 3. The summed E-state index contributed by atoms with van der Waals surface area (Å²) in [6, 6.07) is 11.5. The molecule has 1 aliphatic rings. The van der Waals surface area contributed by atoms with E-state index in [9.17, 15) is 4.79 Å². The lowest BCUT2D eigenvalue weighted by molar-refractivity contribution is 0.102. The van der Waals surface area contributed by atoms with Crippen LogP contribution in [0.5, 0.6) is 17.2 Å². The van der Waals surface area contributed by atoms with Crippen LogP contribution in [0.1, 0.15) is 24.2 Å². The molecule has 4 aromatic rings. The predicted molar refractivity (Wildman–Crippen MR) is 152 cm³/mol. The minimum Gasteiger partial charge on any atom is -0.495 e. The first kappa shape index (κ1) is 27.3. The maximum atomic E-state index is 15.0. The van der Waals surface area contributed by atoms with E-state index in [1.54, 1.807) is 43.6 Å². The molecule has 0 spiro atoms. The van der Waals surface area contributed by atoms with Crippen LogP contribution >= 0.6 is 0 Å². The highest BCUT2D eigenvalue weighted by Gasteiger charge is 2.28. The molecule has 210 valence electrons. The van der Waals surface area contributed by atoms with Gasteiger partial charge in [-0.3, -0.25) is 4.79 Å². The summed E-state index contributed by atoms with van der Waals surface area (Å²) in [6.45, 7) is 6.79. The number of halogens is 2. The fourth-order valence-electron chi connectivity index (χ4n) is 5.15. The number of aromatic nitrogens is 1. The van der Waals surface area contributed by atoms with Crippen LogP contribution in [0.3, 0.4) is 0 Å². The number of benzene rings is 3. The smallest absolute Gasteiger partial charge is 0.255 e. The maximum Gasteiger partial charge on any atom is 0.255 e. The Morgan fingerprint density at radius 2 is 1.65 bits per heavy atom. The lowest BCUT2D eigenvalue weighted by Crippen LogP contribution is -2.57. The molecule has 1 fully saturated rings. The first-order valence-corrected chi connectivity index (χ1v) is 12.9. The minimum atomic E-state index is -0.831. The number of nitrogens with zero attached hydrogens (tertiary/aromatic N) is 1. The van der Waals surface area contributed by atoms with Crippen molar-refractivity contribution in [3.05, 3.63) is 65.9 Å².